The first-order chi connectivity index (χ1) is 18.9. The molecule has 0 saturated heterocycles. The number of nitrogens with one attached hydrogen (secondary N) is 2. The van der Waals surface area contributed by atoms with E-state index in [0.29, 0.717) is 28.2 Å². The summed E-state index contributed by atoms with van der Waals surface area (Å²) in [7, 11) is -4.07. The van der Waals surface area contributed by atoms with E-state index in [2.05, 4.69) is 15.0 Å². The van der Waals surface area contributed by atoms with Crippen LogP contribution in [-0.2, 0) is 21.2 Å². The lowest BCUT2D eigenvalue weighted by molar-refractivity contribution is -0.463. The van der Waals surface area contributed by atoms with Crippen molar-refractivity contribution in [3.05, 3.63) is 93.0 Å². The van der Waals surface area contributed by atoms with Gasteiger partial charge in [0.05, 0.1) is 10.9 Å². The van der Waals surface area contributed by atoms with Gasteiger partial charge in [-0.25, -0.2) is 8.42 Å². The molecule has 10 nitrogen and oxygen atoms in total. The highest BCUT2D eigenvalue weighted by molar-refractivity contribution is 7.89. The lowest BCUT2D eigenvalue weighted by Crippen LogP contribution is -2.42. The van der Waals surface area contributed by atoms with E-state index in [9.17, 15) is 28.4 Å². The second-order valence-electron chi connectivity index (χ2n) is 10.1. The Bertz CT molecular complexity index is 1540. The van der Waals surface area contributed by atoms with Crippen LogP contribution < -0.4 is 10.0 Å². The molecule has 0 aromatic heterocycles. The highest BCUT2D eigenvalue weighted by atomic mass is 32.2. The molecule has 0 heterocycles. The minimum atomic E-state index is -4.07. The number of carboxylic acids is 1. The Morgan fingerprint density at radius 2 is 1.70 bits per heavy atom. The maximum Gasteiger partial charge on any atom is 0.322 e. The van der Waals surface area contributed by atoms with Crippen molar-refractivity contribution in [2.75, 3.05) is 11.9 Å². The Morgan fingerprint density at radius 3 is 2.27 bits per heavy atom. The molecule has 1 saturated carbocycles. The molecule has 3 aromatic rings. The molecule has 3 aromatic carbocycles. The largest absolute Gasteiger partial charge is 0.480 e. The lowest BCUT2D eigenvalue weighted by atomic mass is 10.0. The summed E-state index contributed by atoms with van der Waals surface area (Å²) in [5, 5.41) is 23.9. The van der Waals surface area contributed by atoms with Gasteiger partial charge in [0.25, 0.3) is 6.54 Å². The van der Waals surface area contributed by atoms with E-state index in [-0.39, 0.29) is 23.9 Å². The van der Waals surface area contributed by atoms with Gasteiger partial charge in [0.2, 0.25) is 10.0 Å². The fourth-order valence-corrected chi connectivity index (χ4v) is 6.33. The van der Waals surface area contributed by atoms with Gasteiger partial charge in [-0.05, 0) is 80.0 Å². The summed E-state index contributed by atoms with van der Waals surface area (Å²) in [6, 6.07) is 16.9. The van der Waals surface area contributed by atoms with E-state index in [1.165, 1.54) is 0 Å². The third-order valence-electron chi connectivity index (χ3n) is 6.51. The molecule has 1 aliphatic carbocycles. The summed E-state index contributed by atoms with van der Waals surface area (Å²) in [5.41, 5.74) is 5.05. The van der Waals surface area contributed by atoms with Crippen LogP contribution in [0.2, 0.25) is 0 Å². The number of aliphatic imine (C=N–C) groups is 1. The zero-order valence-electron chi connectivity index (χ0n) is 22.5. The van der Waals surface area contributed by atoms with Crippen molar-refractivity contribution in [3.63, 3.8) is 0 Å². The predicted molar refractivity (Wildman–Crippen MR) is 154 cm³/mol. The first kappa shape index (κ1) is 28.9. The maximum absolute atomic E-state index is 13.1. The number of aryl methyl sites for hydroxylation is 3. The molecule has 0 spiro atoms. The third-order valence-corrected chi connectivity index (χ3v) is 8.29. The highest BCUT2D eigenvalue weighted by Crippen LogP contribution is 2.26. The number of anilines is 1. The van der Waals surface area contributed by atoms with Gasteiger partial charge in [0.15, 0.2) is 5.84 Å². The number of hydrogen-bond donors (Lipinski definition) is 3. The molecule has 0 amide bonds. The fraction of sp³-hybridized carbons (Fsp3) is 0.310. The van der Waals surface area contributed by atoms with Gasteiger partial charge in [0, 0.05) is 10.6 Å². The number of rotatable bonds is 11. The average Bonchev–Trinajstić information content (AvgIpc) is 3.67. The van der Waals surface area contributed by atoms with Crippen LogP contribution in [0.4, 0.5) is 5.69 Å². The number of benzene rings is 3. The summed E-state index contributed by atoms with van der Waals surface area (Å²) in [5.74, 6) is -0.953. The number of nitro groups is 1. The Labute approximate surface area is 233 Å². The first-order valence-electron chi connectivity index (χ1n) is 12.9. The lowest BCUT2D eigenvalue weighted by Gasteiger charge is -2.18. The number of aliphatic carboxylic acids is 1. The van der Waals surface area contributed by atoms with E-state index >= 15 is 0 Å². The number of carbonyl (C=O) groups is 1. The molecule has 1 atom stereocenters. The molecule has 4 rings (SSSR count). The van der Waals surface area contributed by atoms with Gasteiger partial charge < -0.3 is 10.4 Å². The van der Waals surface area contributed by atoms with Crippen LogP contribution in [0.1, 0.15) is 35.1 Å². The Balaban J connectivity index is 1.49. The van der Waals surface area contributed by atoms with E-state index in [4.69, 9.17) is 0 Å². The molecule has 210 valence electrons. The number of nitrogens with zero attached hydrogens (tertiary/aromatic N) is 2. The minimum absolute atomic E-state index is 0.0394. The molecule has 1 fully saturated rings. The van der Waals surface area contributed by atoms with Crippen molar-refractivity contribution in [3.8, 4) is 11.1 Å². The predicted octanol–water partition coefficient (Wildman–Crippen LogP) is 4.50. The van der Waals surface area contributed by atoms with Gasteiger partial charge in [0.1, 0.15) is 6.04 Å². The van der Waals surface area contributed by atoms with E-state index in [1.807, 2.05) is 37.3 Å². The monoisotopic (exact) mass is 564 g/mol. The van der Waals surface area contributed by atoms with Crippen LogP contribution in [0, 0.1) is 30.9 Å². The SMILES string of the molecule is Cc1cc(C)c(S(=O)(=O)N[C@@H](Cc2ccc(-c3cccc(NC(C[N+](=O)[O-])=NC4CC4)c3)cc2)C(=O)O)c(C)c1. The quantitative estimate of drug-likeness (QED) is 0.134. The molecule has 0 unspecified atom stereocenters. The van der Waals surface area contributed by atoms with Crippen molar-refractivity contribution in [2.24, 2.45) is 4.99 Å². The number of hydrogen-bond acceptors (Lipinski definition) is 6. The number of amidine groups is 1. The molecule has 40 heavy (non-hydrogen) atoms. The van der Waals surface area contributed by atoms with Crippen LogP contribution in [0.15, 0.2) is 70.6 Å². The number of carboxylic acid groups (broad SMARTS) is 1. The molecular weight excluding hydrogens is 532 g/mol. The minimum Gasteiger partial charge on any atom is -0.480 e. The Hall–Kier alpha value is -4.09. The summed E-state index contributed by atoms with van der Waals surface area (Å²) in [4.78, 5) is 27.1. The standard InChI is InChI=1S/C29H32N4O6S/c1-18-13-19(2)28(20(3)14-18)40(38,39)32-26(29(34)35)15-21-7-9-22(10-8-21)23-5-4-6-25(16-23)31-27(17-33(36)37)30-24-11-12-24/h4-10,13-14,16,24,26,32H,11-12,15,17H2,1-3H3,(H,30,31)(H,34,35)/t26-/m0/s1. The van der Waals surface area contributed by atoms with Gasteiger partial charge in [-0.2, -0.15) is 4.72 Å². The van der Waals surface area contributed by atoms with E-state index in [1.54, 1.807) is 44.2 Å². The molecular formula is C29H32N4O6S. The first-order valence-corrected chi connectivity index (χ1v) is 14.4. The van der Waals surface area contributed by atoms with Crippen molar-refractivity contribution in [1.29, 1.82) is 0 Å². The summed E-state index contributed by atoms with van der Waals surface area (Å²) < 4.78 is 28.6. The van der Waals surface area contributed by atoms with E-state index in [0.717, 1.165) is 29.5 Å². The highest BCUT2D eigenvalue weighted by Gasteiger charge is 2.28. The molecule has 0 bridgehead atoms. The molecule has 11 heteroatoms. The summed E-state index contributed by atoms with van der Waals surface area (Å²) in [6.07, 6.45) is 1.83. The smallest absolute Gasteiger partial charge is 0.322 e. The van der Waals surface area contributed by atoms with Gasteiger partial charge in [-0.15, -0.1) is 0 Å². The van der Waals surface area contributed by atoms with Crippen LogP contribution in [-0.4, -0.2) is 48.9 Å². The average molecular weight is 565 g/mol. The summed E-state index contributed by atoms with van der Waals surface area (Å²) in [6.45, 7) is 4.87. The topological polar surface area (TPSA) is 151 Å². The van der Waals surface area contributed by atoms with Crippen molar-refractivity contribution < 1.29 is 23.2 Å². The fourth-order valence-electron chi connectivity index (χ4n) is 4.69. The Kier molecular flexibility index (Phi) is 8.65. The van der Waals surface area contributed by atoms with Gasteiger partial charge in [-0.3, -0.25) is 19.9 Å². The molecule has 1 aliphatic rings. The Morgan fingerprint density at radius 1 is 1.05 bits per heavy atom. The van der Waals surface area contributed by atoms with Crippen LogP contribution in [0.5, 0.6) is 0 Å². The second-order valence-corrected chi connectivity index (χ2v) is 11.8. The van der Waals surface area contributed by atoms with Crippen LogP contribution in [0.3, 0.4) is 0 Å². The zero-order chi connectivity index (χ0) is 29.0. The van der Waals surface area contributed by atoms with Crippen molar-refractivity contribution in [1.82, 2.24) is 4.72 Å². The molecule has 3 N–H and O–H groups in total. The maximum atomic E-state index is 13.1. The second kappa shape index (κ2) is 12.0. The molecule has 0 aliphatic heterocycles. The summed E-state index contributed by atoms with van der Waals surface area (Å²) >= 11 is 0. The zero-order valence-corrected chi connectivity index (χ0v) is 23.4. The van der Waals surface area contributed by atoms with Crippen molar-refractivity contribution in [2.45, 2.75) is 57.0 Å². The third kappa shape index (κ3) is 7.51. The van der Waals surface area contributed by atoms with Gasteiger partial charge in [-0.1, -0.05) is 54.1 Å². The molecule has 0 radical (unpaired) electrons. The van der Waals surface area contributed by atoms with Crippen LogP contribution in [0.25, 0.3) is 11.1 Å². The number of sulfonamides is 1. The van der Waals surface area contributed by atoms with Crippen molar-refractivity contribution >= 4 is 27.5 Å². The van der Waals surface area contributed by atoms with Crippen LogP contribution >= 0.6 is 0 Å². The van der Waals surface area contributed by atoms with E-state index < -0.39 is 27.0 Å². The van der Waals surface area contributed by atoms with Gasteiger partial charge >= 0.3 is 5.97 Å². The normalized spacial score (nSPS) is 14.5.